The van der Waals surface area contributed by atoms with Crippen molar-refractivity contribution in [2.24, 2.45) is 0 Å². The van der Waals surface area contributed by atoms with Crippen LogP contribution in [-0.2, 0) is 4.79 Å². The van der Waals surface area contributed by atoms with E-state index in [1.807, 2.05) is 0 Å². The van der Waals surface area contributed by atoms with Gasteiger partial charge in [-0.05, 0) is 47.7 Å². The second-order valence-electron chi connectivity index (χ2n) is 6.58. The lowest BCUT2D eigenvalue weighted by Gasteiger charge is -2.14. The number of carbonyl (C=O) groups excluding carboxylic acids is 3. The maximum absolute atomic E-state index is 12.7. The Hall–Kier alpha value is -3.60. The van der Waals surface area contributed by atoms with Gasteiger partial charge >= 0.3 is 6.61 Å². The van der Waals surface area contributed by atoms with Crippen LogP contribution in [0.2, 0.25) is 0 Å². The maximum atomic E-state index is 12.7. The van der Waals surface area contributed by atoms with Crippen LogP contribution in [0.4, 0.5) is 13.6 Å². The van der Waals surface area contributed by atoms with Gasteiger partial charge in [0.15, 0.2) is 11.5 Å². The standard InChI is InChI=1S/C22H20F2N2O6S/c1-30-15-6-4-3-5-14(15)19(27)25-9-10-26-20(28)18(33-22(26)29)12-13-7-8-16(32-21(23)24)17(11-13)31-2/h3-8,11-12,21H,9-10H2,1-2H3,(H,25,27)/b18-12-. The van der Waals surface area contributed by atoms with Crippen LogP contribution < -0.4 is 19.5 Å². The Bertz CT molecular complexity index is 1090. The third kappa shape index (κ3) is 5.80. The Balaban J connectivity index is 1.64. The Kier molecular flexibility index (Phi) is 7.88. The van der Waals surface area contributed by atoms with E-state index in [0.717, 1.165) is 16.7 Å². The number of carbonyl (C=O) groups is 3. The molecule has 0 radical (unpaired) electrons. The molecule has 1 heterocycles. The minimum atomic E-state index is -3.01. The van der Waals surface area contributed by atoms with Crippen molar-refractivity contribution in [1.29, 1.82) is 0 Å². The highest BCUT2D eigenvalue weighted by atomic mass is 32.2. The number of imide groups is 1. The second-order valence-corrected chi connectivity index (χ2v) is 7.57. The monoisotopic (exact) mass is 478 g/mol. The minimum absolute atomic E-state index is 0.0205. The topological polar surface area (TPSA) is 94.2 Å². The molecule has 1 aliphatic rings. The van der Waals surface area contributed by atoms with Crippen molar-refractivity contribution in [3.8, 4) is 17.2 Å². The first kappa shape index (κ1) is 24.1. The minimum Gasteiger partial charge on any atom is -0.496 e. The summed E-state index contributed by atoms with van der Waals surface area (Å²) in [5.74, 6) is -0.605. The predicted molar refractivity (Wildman–Crippen MR) is 118 cm³/mol. The van der Waals surface area contributed by atoms with E-state index in [0.29, 0.717) is 16.9 Å². The number of ether oxygens (including phenoxy) is 3. The lowest BCUT2D eigenvalue weighted by Crippen LogP contribution is -2.37. The summed E-state index contributed by atoms with van der Waals surface area (Å²) in [6, 6.07) is 10.8. The fourth-order valence-corrected chi connectivity index (χ4v) is 3.89. The van der Waals surface area contributed by atoms with E-state index in [9.17, 15) is 23.2 Å². The molecule has 33 heavy (non-hydrogen) atoms. The van der Waals surface area contributed by atoms with Gasteiger partial charge in [0.2, 0.25) is 0 Å². The number of hydrogen-bond donors (Lipinski definition) is 1. The van der Waals surface area contributed by atoms with Crippen LogP contribution in [0.15, 0.2) is 47.4 Å². The molecule has 0 aromatic heterocycles. The molecule has 0 aliphatic carbocycles. The molecule has 3 amide bonds. The molecule has 11 heteroatoms. The SMILES string of the molecule is COc1cc(/C=C2\SC(=O)N(CCNC(=O)c3ccccc3OC)C2=O)ccc1OC(F)F. The highest BCUT2D eigenvalue weighted by molar-refractivity contribution is 8.18. The van der Waals surface area contributed by atoms with Crippen LogP contribution in [0.25, 0.3) is 6.08 Å². The summed E-state index contributed by atoms with van der Waals surface area (Å²) < 4.78 is 39.5. The molecule has 0 spiro atoms. The molecule has 174 valence electrons. The van der Waals surface area contributed by atoms with Crippen molar-refractivity contribution in [2.45, 2.75) is 6.61 Å². The Morgan fingerprint density at radius 1 is 1.09 bits per heavy atom. The van der Waals surface area contributed by atoms with E-state index in [2.05, 4.69) is 10.1 Å². The molecular formula is C22H20F2N2O6S. The van der Waals surface area contributed by atoms with Gasteiger partial charge in [0.05, 0.1) is 24.7 Å². The number of rotatable bonds is 9. The van der Waals surface area contributed by atoms with Gasteiger partial charge in [-0.15, -0.1) is 0 Å². The number of halogens is 2. The number of para-hydroxylation sites is 1. The quantitative estimate of drug-likeness (QED) is 0.549. The summed E-state index contributed by atoms with van der Waals surface area (Å²) in [4.78, 5) is 38.5. The molecule has 1 aliphatic heterocycles. The molecule has 3 rings (SSSR count). The summed E-state index contributed by atoms with van der Waals surface area (Å²) in [5.41, 5.74) is 0.797. The van der Waals surface area contributed by atoms with Crippen LogP contribution in [0, 0.1) is 0 Å². The van der Waals surface area contributed by atoms with Crippen molar-refractivity contribution in [1.82, 2.24) is 10.2 Å². The van der Waals surface area contributed by atoms with Crippen molar-refractivity contribution >= 4 is 34.9 Å². The highest BCUT2D eigenvalue weighted by Crippen LogP contribution is 2.34. The number of benzene rings is 2. The average molecular weight is 478 g/mol. The van der Waals surface area contributed by atoms with Gasteiger partial charge in [0.1, 0.15) is 5.75 Å². The first-order valence-corrected chi connectivity index (χ1v) is 10.4. The fraction of sp³-hybridized carbons (Fsp3) is 0.227. The normalized spacial score (nSPS) is 14.7. The van der Waals surface area contributed by atoms with Gasteiger partial charge in [0.25, 0.3) is 17.1 Å². The molecule has 0 saturated carbocycles. The number of nitrogens with zero attached hydrogens (tertiary/aromatic N) is 1. The molecule has 0 atom stereocenters. The van der Waals surface area contributed by atoms with Crippen LogP contribution in [-0.4, -0.2) is 55.9 Å². The smallest absolute Gasteiger partial charge is 0.387 e. The van der Waals surface area contributed by atoms with Gasteiger partial charge in [0, 0.05) is 13.1 Å². The summed E-state index contributed by atoms with van der Waals surface area (Å²) in [7, 11) is 2.75. The number of methoxy groups -OCH3 is 2. The third-order valence-electron chi connectivity index (χ3n) is 4.55. The Morgan fingerprint density at radius 2 is 1.82 bits per heavy atom. The van der Waals surface area contributed by atoms with E-state index in [1.165, 1.54) is 38.5 Å². The Labute approximate surface area is 192 Å². The summed E-state index contributed by atoms with van der Waals surface area (Å²) >= 11 is 0.740. The first-order valence-electron chi connectivity index (χ1n) is 9.63. The number of nitrogens with one attached hydrogen (secondary N) is 1. The molecule has 2 aromatic carbocycles. The van der Waals surface area contributed by atoms with Crippen molar-refractivity contribution in [2.75, 3.05) is 27.3 Å². The molecule has 8 nitrogen and oxygen atoms in total. The molecule has 1 saturated heterocycles. The molecule has 1 fully saturated rings. The predicted octanol–water partition coefficient (Wildman–Crippen LogP) is 3.77. The van der Waals surface area contributed by atoms with E-state index < -0.39 is 23.7 Å². The lowest BCUT2D eigenvalue weighted by atomic mass is 10.2. The van der Waals surface area contributed by atoms with Crippen LogP contribution in [0.5, 0.6) is 17.2 Å². The van der Waals surface area contributed by atoms with Crippen molar-refractivity contribution in [3.63, 3.8) is 0 Å². The fourth-order valence-electron chi connectivity index (χ4n) is 3.02. The maximum Gasteiger partial charge on any atom is 0.387 e. The number of thioether (sulfide) groups is 1. The van der Waals surface area contributed by atoms with Gasteiger partial charge < -0.3 is 19.5 Å². The molecule has 0 unspecified atom stereocenters. The van der Waals surface area contributed by atoms with Gasteiger partial charge in [-0.25, -0.2) is 0 Å². The van der Waals surface area contributed by atoms with Crippen molar-refractivity contribution < 1.29 is 37.4 Å². The number of alkyl halides is 2. The summed E-state index contributed by atoms with van der Waals surface area (Å²) in [6.07, 6.45) is 1.45. The van der Waals surface area contributed by atoms with E-state index in [-0.39, 0.29) is 29.5 Å². The van der Waals surface area contributed by atoms with Crippen LogP contribution in [0.3, 0.4) is 0 Å². The van der Waals surface area contributed by atoms with Crippen molar-refractivity contribution in [3.05, 3.63) is 58.5 Å². The van der Waals surface area contributed by atoms with E-state index >= 15 is 0 Å². The molecule has 1 N–H and O–H groups in total. The third-order valence-corrected chi connectivity index (χ3v) is 5.46. The van der Waals surface area contributed by atoms with Gasteiger partial charge in [-0.1, -0.05) is 18.2 Å². The largest absolute Gasteiger partial charge is 0.496 e. The number of amides is 3. The average Bonchev–Trinajstić information content (AvgIpc) is 3.06. The zero-order valence-corrected chi connectivity index (χ0v) is 18.5. The first-order chi connectivity index (χ1) is 15.8. The van der Waals surface area contributed by atoms with Crippen LogP contribution in [0.1, 0.15) is 15.9 Å². The summed E-state index contributed by atoms with van der Waals surface area (Å²) in [6.45, 7) is -2.98. The van der Waals surface area contributed by atoms with E-state index in [4.69, 9.17) is 9.47 Å². The van der Waals surface area contributed by atoms with Crippen LogP contribution >= 0.6 is 11.8 Å². The highest BCUT2D eigenvalue weighted by Gasteiger charge is 2.34. The molecule has 2 aromatic rings. The van der Waals surface area contributed by atoms with Gasteiger partial charge in [-0.3, -0.25) is 19.3 Å². The van der Waals surface area contributed by atoms with Gasteiger partial charge in [-0.2, -0.15) is 8.78 Å². The lowest BCUT2D eigenvalue weighted by molar-refractivity contribution is -0.122. The molecular weight excluding hydrogens is 458 g/mol. The number of hydrogen-bond acceptors (Lipinski definition) is 7. The van der Waals surface area contributed by atoms with E-state index in [1.54, 1.807) is 24.3 Å². The zero-order valence-electron chi connectivity index (χ0n) is 17.7. The second kappa shape index (κ2) is 10.8. The Morgan fingerprint density at radius 3 is 2.52 bits per heavy atom. The summed E-state index contributed by atoms with van der Waals surface area (Å²) in [5, 5.41) is 2.17. The zero-order chi connectivity index (χ0) is 24.0. The molecule has 0 bridgehead atoms.